The van der Waals surface area contributed by atoms with Crippen LogP contribution in [0.5, 0.6) is 0 Å². The first-order valence-corrected chi connectivity index (χ1v) is 10.5. The van der Waals surface area contributed by atoms with Gasteiger partial charge in [-0.25, -0.2) is 0 Å². The largest absolute Gasteiger partial charge is 0.469 e. The van der Waals surface area contributed by atoms with Crippen LogP contribution in [0.3, 0.4) is 0 Å². The Hall–Kier alpha value is -0.570. The van der Waals surface area contributed by atoms with Crippen molar-refractivity contribution >= 4 is 5.97 Å². The molecule has 0 bridgehead atoms. The first-order valence-electron chi connectivity index (χ1n) is 10.5. The van der Waals surface area contributed by atoms with E-state index in [1.54, 1.807) is 7.11 Å². The molecule has 144 valence electrons. The van der Waals surface area contributed by atoms with Crippen molar-refractivity contribution < 1.29 is 14.6 Å². The number of aliphatic hydroxyl groups is 1. The van der Waals surface area contributed by atoms with Crippen LogP contribution in [0.2, 0.25) is 0 Å². The van der Waals surface area contributed by atoms with Gasteiger partial charge in [0.1, 0.15) is 0 Å². The molecule has 0 spiro atoms. The topological polar surface area (TPSA) is 46.5 Å². The summed E-state index contributed by atoms with van der Waals surface area (Å²) in [5.74, 6) is 3.59. The van der Waals surface area contributed by atoms with E-state index in [0.29, 0.717) is 36.2 Å². The van der Waals surface area contributed by atoms with Crippen LogP contribution in [0.4, 0.5) is 0 Å². The summed E-state index contributed by atoms with van der Waals surface area (Å²) < 4.78 is 5.23. The van der Waals surface area contributed by atoms with Crippen molar-refractivity contribution in [1.29, 1.82) is 0 Å². The number of carbonyl (C=O) groups excluding carboxylic acids is 1. The van der Waals surface area contributed by atoms with Crippen LogP contribution >= 0.6 is 0 Å². The number of esters is 1. The summed E-state index contributed by atoms with van der Waals surface area (Å²) in [5, 5.41) is 10.0. The Morgan fingerprint density at radius 3 is 2.52 bits per heavy atom. The normalized spacial score (nSPS) is 47.1. The van der Waals surface area contributed by atoms with Crippen LogP contribution in [0.1, 0.15) is 72.6 Å². The lowest BCUT2D eigenvalue weighted by Gasteiger charge is -2.62. The molecule has 3 rings (SSSR count). The molecule has 0 aromatic carbocycles. The molecule has 0 unspecified atom stereocenters. The minimum Gasteiger partial charge on any atom is -0.469 e. The zero-order valence-corrected chi connectivity index (χ0v) is 16.9. The van der Waals surface area contributed by atoms with E-state index in [1.807, 2.05) is 0 Å². The van der Waals surface area contributed by atoms with Gasteiger partial charge in [-0.2, -0.15) is 0 Å². The standard InChI is InChI=1S/C22H38O3/c1-14(2)17-11-15-7-8-19-21(3,18(15)12-16(17)13-23)9-6-10-22(19,4)20(24)25-5/h14-19,23H,6-13H2,1-5H3/t15-,16-,17-,18-,19-,21-,22-/m1/s1. The minimum absolute atomic E-state index is 0.00329. The van der Waals surface area contributed by atoms with Crippen LogP contribution in [-0.2, 0) is 9.53 Å². The van der Waals surface area contributed by atoms with Crippen molar-refractivity contribution in [2.75, 3.05) is 13.7 Å². The van der Waals surface area contributed by atoms with Gasteiger partial charge in [0.2, 0.25) is 0 Å². The quantitative estimate of drug-likeness (QED) is 0.752. The van der Waals surface area contributed by atoms with Crippen LogP contribution in [0.15, 0.2) is 0 Å². The number of aliphatic hydroxyl groups excluding tert-OH is 1. The highest BCUT2D eigenvalue weighted by molar-refractivity contribution is 5.77. The molecule has 3 aliphatic rings. The third-order valence-electron chi connectivity index (χ3n) is 8.70. The maximum Gasteiger partial charge on any atom is 0.311 e. The summed E-state index contributed by atoms with van der Waals surface area (Å²) >= 11 is 0. The first kappa shape index (κ1) is 19.2. The lowest BCUT2D eigenvalue weighted by Crippen LogP contribution is -2.57. The molecule has 3 aliphatic carbocycles. The lowest BCUT2D eigenvalue weighted by atomic mass is 9.43. The summed E-state index contributed by atoms with van der Waals surface area (Å²) in [4.78, 5) is 12.6. The molecule has 0 saturated heterocycles. The Morgan fingerprint density at radius 1 is 1.20 bits per heavy atom. The predicted molar refractivity (Wildman–Crippen MR) is 99.9 cm³/mol. The molecule has 25 heavy (non-hydrogen) atoms. The van der Waals surface area contributed by atoms with Gasteiger partial charge in [-0.3, -0.25) is 4.79 Å². The van der Waals surface area contributed by atoms with Crippen molar-refractivity contribution in [3.05, 3.63) is 0 Å². The molecule has 3 heteroatoms. The minimum atomic E-state index is -0.323. The fraction of sp³-hybridized carbons (Fsp3) is 0.955. The second-order valence-electron chi connectivity index (χ2n) is 10.1. The van der Waals surface area contributed by atoms with E-state index in [4.69, 9.17) is 4.74 Å². The van der Waals surface area contributed by atoms with E-state index >= 15 is 0 Å². The van der Waals surface area contributed by atoms with Gasteiger partial charge in [0.25, 0.3) is 0 Å². The van der Waals surface area contributed by atoms with Gasteiger partial charge in [0.05, 0.1) is 12.5 Å². The number of hydrogen-bond acceptors (Lipinski definition) is 3. The van der Waals surface area contributed by atoms with Gasteiger partial charge >= 0.3 is 5.97 Å². The van der Waals surface area contributed by atoms with E-state index in [9.17, 15) is 9.90 Å². The maximum atomic E-state index is 12.6. The first-order chi connectivity index (χ1) is 11.8. The van der Waals surface area contributed by atoms with Crippen molar-refractivity contribution in [1.82, 2.24) is 0 Å². The van der Waals surface area contributed by atoms with Gasteiger partial charge in [-0.15, -0.1) is 0 Å². The summed E-state index contributed by atoms with van der Waals surface area (Å²) in [5.41, 5.74) is -0.101. The number of hydrogen-bond donors (Lipinski definition) is 1. The van der Waals surface area contributed by atoms with Gasteiger partial charge in [-0.05, 0) is 86.4 Å². The molecule has 3 saturated carbocycles. The lowest BCUT2D eigenvalue weighted by molar-refractivity contribution is -0.179. The van der Waals surface area contributed by atoms with E-state index in [1.165, 1.54) is 19.3 Å². The smallest absolute Gasteiger partial charge is 0.311 e. The maximum absolute atomic E-state index is 12.6. The van der Waals surface area contributed by atoms with Crippen LogP contribution in [0, 0.1) is 46.3 Å². The molecular formula is C22H38O3. The third kappa shape index (κ3) is 2.95. The van der Waals surface area contributed by atoms with E-state index in [-0.39, 0.29) is 16.8 Å². The van der Waals surface area contributed by atoms with Crippen molar-refractivity contribution in [3.63, 3.8) is 0 Å². The Morgan fingerprint density at radius 2 is 1.92 bits per heavy atom. The summed E-state index contributed by atoms with van der Waals surface area (Å²) in [7, 11) is 1.54. The zero-order valence-electron chi connectivity index (χ0n) is 16.9. The SMILES string of the molecule is COC(=O)[C@]1(C)CCC[C@]2(C)[C@@H]3C[C@H](CO)[C@@H](C(C)C)C[C@H]3CC[C@H]21. The number of ether oxygens (including phenoxy) is 1. The Kier molecular flexibility index (Phi) is 5.27. The Labute approximate surface area is 153 Å². The Balaban J connectivity index is 1.90. The predicted octanol–water partition coefficient (Wildman–Crippen LogP) is 4.67. The number of methoxy groups -OCH3 is 1. The highest BCUT2D eigenvalue weighted by Gasteiger charge is 2.60. The molecule has 1 N–H and O–H groups in total. The van der Waals surface area contributed by atoms with Crippen LogP contribution in [0.25, 0.3) is 0 Å². The van der Waals surface area contributed by atoms with Crippen LogP contribution in [-0.4, -0.2) is 24.8 Å². The molecule has 0 aromatic heterocycles. The molecule has 0 aromatic rings. The van der Waals surface area contributed by atoms with Gasteiger partial charge in [-0.1, -0.05) is 27.2 Å². The van der Waals surface area contributed by atoms with E-state index in [0.717, 1.165) is 31.6 Å². The molecule has 0 heterocycles. The molecule has 3 nitrogen and oxygen atoms in total. The van der Waals surface area contributed by atoms with Gasteiger partial charge in [0.15, 0.2) is 0 Å². The summed E-state index contributed by atoms with van der Waals surface area (Å²) in [6, 6.07) is 0. The second-order valence-corrected chi connectivity index (χ2v) is 10.1. The van der Waals surface area contributed by atoms with Gasteiger partial charge < -0.3 is 9.84 Å². The van der Waals surface area contributed by atoms with Crippen LogP contribution < -0.4 is 0 Å². The monoisotopic (exact) mass is 350 g/mol. The molecular weight excluding hydrogens is 312 g/mol. The number of carbonyl (C=O) groups is 1. The zero-order chi connectivity index (χ0) is 18.4. The fourth-order valence-corrected chi connectivity index (χ4v) is 7.42. The Bertz CT molecular complexity index is 502. The highest BCUT2D eigenvalue weighted by Crippen LogP contribution is 2.65. The average molecular weight is 351 g/mol. The molecule has 3 fully saturated rings. The summed E-state index contributed by atoms with van der Waals surface area (Å²) in [6.45, 7) is 9.57. The number of fused-ring (bicyclic) bond motifs is 3. The van der Waals surface area contributed by atoms with Crippen molar-refractivity contribution in [2.24, 2.45) is 46.3 Å². The molecule has 7 atom stereocenters. The number of rotatable bonds is 3. The third-order valence-corrected chi connectivity index (χ3v) is 8.70. The van der Waals surface area contributed by atoms with E-state index in [2.05, 4.69) is 27.7 Å². The average Bonchev–Trinajstić information content (AvgIpc) is 2.59. The molecule has 0 aliphatic heterocycles. The summed E-state index contributed by atoms with van der Waals surface area (Å²) in [6.07, 6.45) is 8.15. The molecule has 0 radical (unpaired) electrons. The molecule has 0 amide bonds. The van der Waals surface area contributed by atoms with Crippen molar-refractivity contribution in [3.8, 4) is 0 Å². The fourth-order valence-electron chi connectivity index (χ4n) is 7.42. The van der Waals surface area contributed by atoms with E-state index < -0.39 is 0 Å². The second kappa shape index (κ2) is 6.87. The van der Waals surface area contributed by atoms with Gasteiger partial charge in [0, 0.05) is 6.61 Å². The van der Waals surface area contributed by atoms with Crippen molar-refractivity contribution in [2.45, 2.75) is 72.6 Å². The highest BCUT2D eigenvalue weighted by atomic mass is 16.5.